The predicted molar refractivity (Wildman–Crippen MR) is 364 cm³/mol. The fraction of sp³-hybridized carbons (Fsp3) is 0. The molecule has 2 aromatic heterocycles. The van der Waals surface area contributed by atoms with E-state index in [1.807, 2.05) is 6.07 Å². The van der Waals surface area contributed by atoms with Gasteiger partial charge >= 0.3 is 0 Å². The van der Waals surface area contributed by atoms with Crippen LogP contribution < -0.4 is 0 Å². The van der Waals surface area contributed by atoms with Gasteiger partial charge in [0.2, 0.25) is 0 Å². The van der Waals surface area contributed by atoms with Crippen molar-refractivity contribution in [3.63, 3.8) is 0 Å². The fourth-order valence-corrected chi connectivity index (χ4v) is 14.3. The molecule has 0 aliphatic heterocycles. The van der Waals surface area contributed by atoms with Crippen LogP contribution in [0.1, 0.15) is 0 Å². The Balaban J connectivity index is 0.706. The lowest BCUT2D eigenvalue weighted by molar-refractivity contribution is 0.669. The molecule has 0 amide bonds. The smallest absolute Gasteiger partial charge is 0.143 e. The van der Waals surface area contributed by atoms with Gasteiger partial charge in [-0.3, -0.25) is 0 Å². The molecule has 0 fully saturated rings. The van der Waals surface area contributed by atoms with Crippen molar-refractivity contribution in [1.29, 1.82) is 0 Å². The van der Waals surface area contributed by atoms with Crippen LogP contribution in [0.25, 0.3) is 186 Å². The SMILES string of the molecule is c1cc(-c2c3ccccc3c(-c3ccc4ccccc4c3)c3ccccc23)cc(-c2cccc3c2oc2cc(-c4ccc5cc(-c6c7ccccc7c(-c7ccccc7-c7cccc8c7oc7ccccc78)c7ccccc67)ccc5c4)ccc23)c1. The fourth-order valence-electron chi connectivity index (χ4n) is 14.3. The molecule has 2 heteroatoms. The van der Waals surface area contributed by atoms with E-state index in [-0.39, 0.29) is 0 Å². The Bertz CT molecular complexity index is 5740. The Morgan fingerprint density at radius 3 is 1.14 bits per heavy atom. The number of furan rings is 2. The van der Waals surface area contributed by atoms with Crippen LogP contribution in [0.2, 0.25) is 0 Å². The Morgan fingerprint density at radius 2 is 0.523 bits per heavy atom. The van der Waals surface area contributed by atoms with Gasteiger partial charge in [-0.2, -0.15) is 0 Å². The molecule has 0 saturated heterocycles. The summed E-state index contributed by atoms with van der Waals surface area (Å²) in [4.78, 5) is 0. The molecule has 18 rings (SSSR count). The third-order valence-corrected chi connectivity index (χ3v) is 18.2. The van der Waals surface area contributed by atoms with Gasteiger partial charge in [-0.25, -0.2) is 0 Å². The lowest BCUT2D eigenvalue weighted by atomic mass is 9.83. The molecule has 0 spiro atoms. The molecule has 0 N–H and O–H groups in total. The molecule has 0 atom stereocenters. The Kier molecular flexibility index (Phi) is 10.7. The van der Waals surface area contributed by atoms with Gasteiger partial charge in [0, 0.05) is 32.7 Å². The van der Waals surface area contributed by atoms with E-state index in [1.165, 1.54) is 109 Å². The topological polar surface area (TPSA) is 26.3 Å². The molecule has 0 aliphatic rings. The summed E-state index contributed by atoms with van der Waals surface area (Å²) in [5, 5.41) is 19.1. The van der Waals surface area contributed by atoms with Crippen LogP contribution in [0.4, 0.5) is 0 Å². The summed E-state index contributed by atoms with van der Waals surface area (Å²) >= 11 is 0. The van der Waals surface area contributed by atoms with E-state index < -0.39 is 0 Å². The van der Waals surface area contributed by atoms with Crippen molar-refractivity contribution in [2.75, 3.05) is 0 Å². The third kappa shape index (κ3) is 7.46. The van der Waals surface area contributed by atoms with E-state index in [1.54, 1.807) is 0 Å². The first-order valence-electron chi connectivity index (χ1n) is 29.6. The second kappa shape index (κ2) is 19.1. The minimum atomic E-state index is 0.870. The van der Waals surface area contributed by atoms with Gasteiger partial charge in [0.1, 0.15) is 22.3 Å². The molecule has 86 heavy (non-hydrogen) atoms. The van der Waals surface area contributed by atoms with Gasteiger partial charge < -0.3 is 8.83 Å². The van der Waals surface area contributed by atoms with Crippen molar-refractivity contribution in [3.8, 4) is 77.9 Å². The van der Waals surface area contributed by atoms with Crippen LogP contribution in [-0.2, 0) is 0 Å². The van der Waals surface area contributed by atoms with Crippen LogP contribution in [0.3, 0.4) is 0 Å². The summed E-state index contributed by atoms with van der Waals surface area (Å²) < 4.78 is 13.6. The number of hydrogen-bond acceptors (Lipinski definition) is 2. The standard InChI is InChI=1S/C84H50O2/c1-2-19-52-47-59(42-38-51(52)18-1)80-68-27-7-5-25-66(68)79(67-26-6-8-28-69(67)80)58-21-15-20-57(49-58)61-33-16-35-76-64-45-44-56(50-78(64)86-83(61)76)54-39-40-55-48-60(43-41-53(55)46-54)81-70-29-9-11-31-72(70)82(73-32-12-10-30-71(73)81)65-24-4-3-22-62(65)74-34-17-36-75-63-23-13-14-37-77(63)85-84(74)75/h1-50H. The quantitative estimate of drug-likeness (QED) is 0.149. The first kappa shape index (κ1) is 48.2. The maximum atomic E-state index is 6.99. The second-order valence-corrected chi connectivity index (χ2v) is 22.9. The highest BCUT2D eigenvalue weighted by atomic mass is 16.3. The Morgan fingerprint density at radius 1 is 0.163 bits per heavy atom. The van der Waals surface area contributed by atoms with Crippen molar-refractivity contribution in [3.05, 3.63) is 303 Å². The van der Waals surface area contributed by atoms with E-state index in [0.29, 0.717) is 0 Å². The maximum absolute atomic E-state index is 6.99. The second-order valence-electron chi connectivity index (χ2n) is 22.9. The molecule has 0 radical (unpaired) electrons. The maximum Gasteiger partial charge on any atom is 0.143 e. The molecular formula is C84H50O2. The predicted octanol–water partition coefficient (Wildman–Crippen LogP) is 24.1. The van der Waals surface area contributed by atoms with Crippen LogP contribution in [0.5, 0.6) is 0 Å². The molecule has 2 nitrogen and oxygen atoms in total. The minimum absolute atomic E-state index is 0.870. The van der Waals surface area contributed by atoms with Gasteiger partial charge in [0.05, 0.1) is 0 Å². The first-order valence-corrected chi connectivity index (χ1v) is 29.6. The van der Waals surface area contributed by atoms with E-state index in [4.69, 9.17) is 8.83 Å². The van der Waals surface area contributed by atoms with Gasteiger partial charge in [0.15, 0.2) is 0 Å². The zero-order chi connectivity index (χ0) is 56.4. The van der Waals surface area contributed by atoms with E-state index in [9.17, 15) is 0 Å². The summed E-state index contributed by atoms with van der Waals surface area (Å²) in [6, 6.07) is 111. The van der Waals surface area contributed by atoms with Crippen molar-refractivity contribution in [2.45, 2.75) is 0 Å². The highest BCUT2D eigenvalue weighted by Gasteiger charge is 2.23. The highest BCUT2D eigenvalue weighted by Crippen LogP contribution is 2.50. The van der Waals surface area contributed by atoms with Crippen LogP contribution in [-0.4, -0.2) is 0 Å². The highest BCUT2D eigenvalue weighted by molar-refractivity contribution is 6.25. The number of para-hydroxylation sites is 3. The van der Waals surface area contributed by atoms with Gasteiger partial charge in [-0.15, -0.1) is 0 Å². The number of rotatable bonds is 7. The molecule has 0 saturated carbocycles. The first-order chi connectivity index (χ1) is 42.6. The van der Waals surface area contributed by atoms with Crippen molar-refractivity contribution < 1.29 is 8.83 Å². The molecular weight excluding hydrogens is 1040 g/mol. The van der Waals surface area contributed by atoms with Crippen LogP contribution >= 0.6 is 0 Å². The number of benzene rings is 16. The lowest BCUT2D eigenvalue weighted by Gasteiger charge is -2.20. The third-order valence-electron chi connectivity index (χ3n) is 18.2. The van der Waals surface area contributed by atoms with Gasteiger partial charge in [0.25, 0.3) is 0 Å². The molecule has 398 valence electrons. The van der Waals surface area contributed by atoms with Gasteiger partial charge in [-0.1, -0.05) is 261 Å². The van der Waals surface area contributed by atoms with E-state index in [0.717, 1.165) is 77.3 Å². The lowest BCUT2D eigenvalue weighted by Crippen LogP contribution is -1.93. The van der Waals surface area contributed by atoms with Crippen LogP contribution in [0.15, 0.2) is 312 Å². The van der Waals surface area contributed by atoms with Crippen molar-refractivity contribution in [2.24, 2.45) is 0 Å². The molecule has 0 unspecified atom stereocenters. The summed E-state index contributed by atoms with van der Waals surface area (Å²) in [5.41, 5.74) is 20.0. The number of fused-ring (bicyclic) bond motifs is 12. The molecule has 0 bridgehead atoms. The number of hydrogen-bond donors (Lipinski definition) is 0. The van der Waals surface area contributed by atoms with Gasteiger partial charge in [-0.05, 0) is 174 Å². The average Bonchev–Trinajstić information content (AvgIpc) is 1.15. The Labute approximate surface area is 495 Å². The average molecular weight is 1090 g/mol. The van der Waals surface area contributed by atoms with E-state index >= 15 is 0 Å². The molecule has 2 heterocycles. The summed E-state index contributed by atoms with van der Waals surface area (Å²) in [7, 11) is 0. The zero-order valence-electron chi connectivity index (χ0n) is 46.7. The summed E-state index contributed by atoms with van der Waals surface area (Å²) in [5.74, 6) is 0. The van der Waals surface area contributed by atoms with Crippen molar-refractivity contribution >= 4 is 109 Å². The van der Waals surface area contributed by atoms with E-state index in [2.05, 4.69) is 297 Å². The molecule has 18 aromatic rings. The summed E-state index contributed by atoms with van der Waals surface area (Å²) in [6.07, 6.45) is 0. The molecule has 16 aromatic carbocycles. The van der Waals surface area contributed by atoms with Crippen molar-refractivity contribution in [1.82, 2.24) is 0 Å². The minimum Gasteiger partial charge on any atom is -0.455 e. The Hall–Kier alpha value is -11.3. The largest absolute Gasteiger partial charge is 0.455 e. The molecule has 0 aliphatic carbocycles. The summed E-state index contributed by atoms with van der Waals surface area (Å²) in [6.45, 7) is 0. The normalized spacial score (nSPS) is 12.0. The zero-order valence-corrected chi connectivity index (χ0v) is 46.7. The van der Waals surface area contributed by atoms with Crippen LogP contribution in [0, 0.1) is 0 Å². The monoisotopic (exact) mass is 1090 g/mol.